The van der Waals surface area contributed by atoms with Crippen LogP contribution in [0.25, 0.3) is 11.1 Å². The number of nitrogens with zero attached hydrogens (tertiary/aromatic N) is 3. The van der Waals surface area contributed by atoms with Crippen molar-refractivity contribution in [3.05, 3.63) is 98.7 Å². The van der Waals surface area contributed by atoms with Crippen molar-refractivity contribution < 1.29 is 4.42 Å². The van der Waals surface area contributed by atoms with Gasteiger partial charge in [0, 0.05) is 24.1 Å². The van der Waals surface area contributed by atoms with Crippen molar-refractivity contribution in [1.29, 1.82) is 0 Å². The summed E-state index contributed by atoms with van der Waals surface area (Å²) < 4.78 is 8.36. The Kier molecular flexibility index (Phi) is 7.19. The van der Waals surface area contributed by atoms with Crippen molar-refractivity contribution >= 4 is 27.0 Å². The van der Waals surface area contributed by atoms with Crippen LogP contribution in [-0.2, 0) is 13.1 Å². The molecule has 1 atom stereocenters. The quantitative estimate of drug-likeness (QED) is 0.364. The van der Waals surface area contributed by atoms with Gasteiger partial charge in [0.15, 0.2) is 0 Å². The Bertz CT molecular complexity index is 1220. The lowest BCUT2D eigenvalue weighted by atomic mass is 10.1. The molecule has 0 aliphatic carbocycles. The Labute approximate surface area is 195 Å². The highest BCUT2D eigenvalue weighted by molar-refractivity contribution is 9.10. The van der Waals surface area contributed by atoms with Gasteiger partial charge in [0.1, 0.15) is 11.2 Å². The Morgan fingerprint density at radius 1 is 1.09 bits per heavy atom. The third-order valence-electron chi connectivity index (χ3n) is 5.64. The fraction of sp³-hybridized carbons (Fsp3) is 0.280. The maximum atomic E-state index is 13.4. The molecule has 0 radical (unpaired) electrons. The number of halogens is 1. The van der Waals surface area contributed by atoms with Crippen LogP contribution in [0.4, 0.5) is 0 Å². The van der Waals surface area contributed by atoms with Gasteiger partial charge in [0.2, 0.25) is 5.71 Å². The van der Waals surface area contributed by atoms with E-state index >= 15 is 0 Å². The fourth-order valence-electron chi connectivity index (χ4n) is 4.08. The van der Waals surface area contributed by atoms with Crippen LogP contribution in [0.15, 0.2) is 80.6 Å². The van der Waals surface area contributed by atoms with Gasteiger partial charge in [0.05, 0.1) is 18.8 Å². The molecule has 0 aliphatic rings. The second-order valence-electron chi connectivity index (χ2n) is 7.80. The van der Waals surface area contributed by atoms with Gasteiger partial charge >= 0.3 is 0 Å². The van der Waals surface area contributed by atoms with Crippen molar-refractivity contribution in [3.63, 3.8) is 0 Å². The van der Waals surface area contributed by atoms with Crippen LogP contribution >= 0.6 is 15.9 Å². The molecule has 1 unspecified atom stereocenters. The SMILES string of the molecule is CCC(c1nc2occc2c(=O)n1Cc1ccccc1)N(CCN)Cc1ccc(Br)cc1. The summed E-state index contributed by atoms with van der Waals surface area (Å²) in [5.41, 5.74) is 8.51. The summed E-state index contributed by atoms with van der Waals surface area (Å²) in [5, 5.41) is 0.498. The van der Waals surface area contributed by atoms with Gasteiger partial charge in [-0.1, -0.05) is 65.3 Å². The van der Waals surface area contributed by atoms with Crippen molar-refractivity contribution in [1.82, 2.24) is 14.5 Å². The molecule has 32 heavy (non-hydrogen) atoms. The third-order valence-corrected chi connectivity index (χ3v) is 6.17. The highest BCUT2D eigenvalue weighted by Crippen LogP contribution is 2.26. The predicted molar refractivity (Wildman–Crippen MR) is 130 cm³/mol. The van der Waals surface area contributed by atoms with Crippen LogP contribution in [-0.4, -0.2) is 27.5 Å². The summed E-state index contributed by atoms with van der Waals surface area (Å²) in [6.45, 7) is 4.47. The molecule has 4 rings (SSSR count). The molecule has 0 amide bonds. The van der Waals surface area contributed by atoms with Crippen LogP contribution in [0.1, 0.15) is 36.3 Å². The average molecular weight is 495 g/mol. The first-order chi connectivity index (χ1) is 15.6. The molecule has 7 heteroatoms. The van der Waals surface area contributed by atoms with E-state index in [0.29, 0.717) is 43.1 Å². The number of aromatic nitrogens is 2. The molecule has 0 aliphatic heterocycles. The lowest BCUT2D eigenvalue weighted by molar-refractivity contribution is 0.176. The summed E-state index contributed by atoms with van der Waals surface area (Å²) in [6, 6.07) is 19.9. The largest absolute Gasteiger partial charge is 0.446 e. The average Bonchev–Trinajstić information content (AvgIpc) is 3.28. The monoisotopic (exact) mass is 494 g/mol. The van der Waals surface area contributed by atoms with Gasteiger partial charge in [0.25, 0.3) is 5.56 Å². The van der Waals surface area contributed by atoms with Gasteiger partial charge in [-0.05, 0) is 35.7 Å². The highest BCUT2D eigenvalue weighted by atomic mass is 79.9. The van der Waals surface area contributed by atoms with E-state index in [2.05, 4.69) is 39.9 Å². The van der Waals surface area contributed by atoms with Gasteiger partial charge in [-0.2, -0.15) is 4.98 Å². The minimum Gasteiger partial charge on any atom is -0.446 e. The first-order valence-electron chi connectivity index (χ1n) is 10.8. The van der Waals surface area contributed by atoms with Crippen LogP contribution in [0, 0.1) is 0 Å². The Morgan fingerprint density at radius 3 is 2.53 bits per heavy atom. The van der Waals surface area contributed by atoms with E-state index < -0.39 is 0 Å². The minimum atomic E-state index is -0.0897. The van der Waals surface area contributed by atoms with E-state index in [9.17, 15) is 4.79 Å². The summed E-state index contributed by atoms with van der Waals surface area (Å²) in [6.07, 6.45) is 2.31. The molecule has 2 N–H and O–H groups in total. The van der Waals surface area contributed by atoms with Crippen LogP contribution in [0.3, 0.4) is 0 Å². The van der Waals surface area contributed by atoms with E-state index in [-0.39, 0.29) is 11.6 Å². The summed E-state index contributed by atoms with van der Waals surface area (Å²) in [5.74, 6) is 0.703. The van der Waals surface area contributed by atoms with E-state index in [1.165, 1.54) is 11.8 Å². The molecule has 0 bridgehead atoms. The molecule has 0 saturated heterocycles. The number of benzene rings is 2. The number of fused-ring (bicyclic) bond motifs is 1. The van der Waals surface area contributed by atoms with E-state index in [4.69, 9.17) is 15.1 Å². The van der Waals surface area contributed by atoms with Gasteiger partial charge in [-0.3, -0.25) is 14.3 Å². The van der Waals surface area contributed by atoms with Crippen molar-refractivity contribution in [2.24, 2.45) is 5.73 Å². The second-order valence-corrected chi connectivity index (χ2v) is 8.71. The number of furan rings is 1. The molecule has 2 aromatic heterocycles. The van der Waals surface area contributed by atoms with Crippen molar-refractivity contribution in [2.45, 2.75) is 32.5 Å². The maximum absolute atomic E-state index is 13.4. The van der Waals surface area contributed by atoms with Crippen LogP contribution < -0.4 is 11.3 Å². The van der Waals surface area contributed by atoms with Crippen LogP contribution in [0.2, 0.25) is 0 Å². The van der Waals surface area contributed by atoms with Crippen LogP contribution in [0.5, 0.6) is 0 Å². The van der Waals surface area contributed by atoms with E-state index in [0.717, 1.165) is 16.5 Å². The molecular formula is C25H27BrN4O2. The summed E-state index contributed by atoms with van der Waals surface area (Å²) >= 11 is 3.50. The molecular weight excluding hydrogens is 468 g/mol. The number of hydrogen-bond donors (Lipinski definition) is 1. The Balaban J connectivity index is 1.79. The molecule has 0 spiro atoms. The minimum absolute atomic E-state index is 0.0857. The second kappa shape index (κ2) is 10.3. The van der Waals surface area contributed by atoms with E-state index in [1.807, 2.05) is 42.5 Å². The van der Waals surface area contributed by atoms with Gasteiger partial charge in [-0.15, -0.1) is 0 Å². The molecule has 0 saturated carbocycles. The lowest BCUT2D eigenvalue weighted by Gasteiger charge is -2.31. The first-order valence-corrected chi connectivity index (χ1v) is 11.6. The summed E-state index contributed by atoms with van der Waals surface area (Å²) in [4.78, 5) is 20.5. The molecule has 166 valence electrons. The van der Waals surface area contributed by atoms with Gasteiger partial charge in [-0.25, -0.2) is 0 Å². The Morgan fingerprint density at radius 2 is 1.84 bits per heavy atom. The fourth-order valence-corrected chi connectivity index (χ4v) is 4.34. The molecule has 2 aromatic carbocycles. The van der Waals surface area contributed by atoms with Crippen molar-refractivity contribution in [3.8, 4) is 0 Å². The highest BCUT2D eigenvalue weighted by Gasteiger charge is 2.25. The number of rotatable bonds is 9. The zero-order valence-corrected chi connectivity index (χ0v) is 19.7. The Hall–Kier alpha value is -2.74. The molecule has 6 nitrogen and oxygen atoms in total. The van der Waals surface area contributed by atoms with Crippen molar-refractivity contribution in [2.75, 3.05) is 13.1 Å². The molecule has 4 aromatic rings. The zero-order chi connectivity index (χ0) is 22.5. The zero-order valence-electron chi connectivity index (χ0n) is 18.1. The van der Waals surface area contributed by atoms with Gasteiger partial charge < -0.3 is 10.2 Å². The standard InChI is InChI=1S/C25H27BrN4O2/c1-2-22(29(14-13-27)16-19-8-10-20(26)11-9-19)23-28-24-21(12-15-32-24)25(31)30(23)17-18-6-4-3-5-7-18/h3-12,15,22H,2,13-14,16-17,27H2,1H3. The summed E-state index contributed by atoms with van der Waals surface area (Å²) in [7, 11) is 0. The number of nitrogens with two attached hydrogens (primary N) is 1. The lowest BCUT2D eigenvalue weighted by Crippen LogP contribution is -2.37. The molecule has 0 fully saturated rings. The van der Waals surface area contributed by atoms with E-state index in [1.54, 1.807) is 10.6 Å². The molecule has 2 heterocycles. The topological polar surface area (TPSA) is 77.3 Å². The third kappa shape index (κ3) is 4.85. The smallest absolute Gasteiger partial charge is 0.265 e. The predicted octanol–water partition coefficient (Wildman–Crippen LogP) is 4.71. The number of hydrogen-bond acceptors (Lipinski definition) is 5. The first kappa shape index (κ1) is 22.5. The normalized spacial score (nSPS) is 12.5. The maximum Gasteiger partial charge on any atom is 0.265 e.